The number of aromatic amines is 1. The minimum Gasteiger partial charge on any atom is -0.371 e. The summed E-state index contributed by atoms with van der Waals surface area (Å²) in [5.74, 6) is 1.62. The fourth-order valence-corrected chi connectivity index (χ4v) is 6.33. The van der Waals surface area contributed by atoms with E-state index in [2.05, 4.69) is 33.0 Å². The number of benzene rings is 2. The number of rotatable bonds is 4. The number of carbonyl (C=O) groups is 1. The molecule has 5 rings (SSSR count). The Bertz CT molecular complexity index is 1250. The Morgan fingerprint density at radius 2 is 1.57 bits per heavy atom. The lowest BCUT2D eigenvalue weighted by atomic mass is 9.77. The number of halogens is 1. The van der Waals surface area contributed by atoms with E-state index in [-0.39, 0.29) is 11.5 Å². The van der Waals surface area contributed by atoms with Gasteiger partial charge in [0.2, 0.25) is 5.91 Å². The molecule has 35 heavy (non-hydrogen) atoms. The molecule has 2 aromatic carbocycles. The number of piperidine rings is 2. The van der Waals surface area contributed by atoms with Gasteiger partial charge >= 0.3 is 0 Å². The zero-order valence-corrected chi connectivity index (χ0v) is 21.4. The molecule has 0 aliphatic carbocycles. The number of H-pyrrole nitrogens is 1. The van der Waals surface area contributed by atoms with Gasteiger partial charge in [-0.3, -0.25) is 9.59 Å². The van der Waals surface area contributed by atoms with Crippen molar-refractivity contribution in [2.75, 3.05) is 31.1 Å². The fraction of sp³-hybridized carbons (Fsp3) is 0.448. The molecule has 1 aromatic heterocycles. The van der Waals surface area contributed by atoms with Crippen molar-refractivity contribution in [3.05, 3.63) is 75.7 Å². The number of nitrogens with one attached hydrogen (secondary N) is 1. The third kappa shape index (κ3) is 4.71. The molecule has 2 fully saturated rings. The number of anilines is 1. The van der Waals surface area contributed by atoms with E-state index >= 15 is 0 Å². The van der Waals surface area contributed by atoms with Crippen LogP contribution < -0.4 is 10.5 Å². The van der Waals surface area contributed by atoms with Crippen LogP contribution >= 0.6 is 11.6 Å². The van der Waals surface area contributed by atoms with Crippen LogP contribution in [0.2, 0.25) is 5.02 Å². The predicted molar refractivity (Wildman–Crippen MR) is 143 cm³/mol. The summed E-state index contributed by atoms with van der Waals surface area (Å²) < 4.78 is 0. The molecule has 0 radical (unpaired) electrons. The zero-order valence-electron chi connectivity index (χ0n) is 20.6. The van der Waals surface area contributed by atoms with Gasteiger partial charge in [0.05, 0.1) is 15.8 Å². The van der Waals surface area contributed by atoms with E-state index in [1.807, 2.05) is 44.2 Å². The molecule has 3 aromatic rings. The number of aromatic nitrogens is 1. The first-order valence-corrected chi connectivity index (χ1v) is 13.1. The number of carbonyl (C=O) groups excluding carboxylic acids is 1. The van der Waals surface area contributed by atoms with Crippen LogP contribution in [0.5, 0.6) is 0 Å². The van der Waals surface area contributed by atoms with Gasteiger partial charge in [-0.2, -0.15) is 0 Å². The fourth-order valence-electron chi connectivity index (χ4n) is 6.02. The normalized spacial score (nSPS) is 18.3. The van der Waals surface area contributed by atoms with Crippen molar-refractivity contribution >= 4 is 34.0 Å². The van der Waals surface area contributed by atoms with Crippen molar-refractivity contribution in [3.63, 3.8) is 0 Å². The smallest absolute Gasteiger partial charge is 0.257 e. The lowest BCUT2D eigenvalue weighted by molar-refractivity contribution is -0.138. The van der Waals surface area contributed by atoms with Crippen molar-refractivity contribution in [3.8, 4) is 0 Å². The SMILES string of the molecule is CC(C)(C(=O)N1CCC(C2CCN(c3cc(Cl)c4c(=O)[nH]ccc4c3)CC2)CC1)c1ccccc1. The van der Waals surface area contributed by atoms with E-state index in [1.54, 1.807) is 6.20 Å². The first-order valence-electron chi connectivity index (χ1n) is 12.8. The van der Waals surface area contributed by atoms with Gasteiger partial charge in [0, 0.05) is 38.1 Å². The van der Waals surface area contributed by atoms with Crippen molar-refractivity contribution in [1.82, 2.24) is 9.88 Å². The van der Waals surface area contributed by atoms with E-state index in [0.717, 1.165) is 68.5 Å². The van der Waals surface area contributed by atoms with Gasteiger partial charge in [0.25, 0.3) is 5.56 Å². The maximum absolute atomic E-state index is 13.3. The second kappa shape index (κ2) is 9.69. The van der Waals surface area contributed by atoms with Crippen LogP contribution in [0.25, 0.3) is 10.8 Å². The Morgan fingerprint density at radius 3 is 2.23 bits per heavy atom. The van der Waals surface area contributed by atoms with Crippen LogP contribution in [0.1, 0.15) is 45.1 Å². The molecule has 2 aliphatic heterocycles. The second-order valence-electron chi connectivity index (χ2n) is 10.6. The summed E-state index contributed by atoms with van der Waals surface area (Å²) in [6.45, 7) is 7.79. The van der Waals surface area contributed by atoms with Gasteiger partial charge in [0.15, 0.2) is 0 Å². The van der Waals surface area contributed by atoms with Gasteiger partial charge < -0.3 is 14.8 Å². The van der Waals surface area contributed by atoms with Crippen LogP contribution in [0.15, 0.2) is 59.5 Å². The topological polar surface area (TPSA) is 56.4 Å². The summed E-state index contributed by atoms with van der Waals surface area (Å²) in [5.41, 5.74) is 1.54. The molecule has 184 valence electrons. The Labute approximate surface area is 212 Å². The van der Waals surface area contributed by atoms with Crippen LogP contribution in [0.3, 0.4) is 0 Å². The minimum atomic E-state index is -0.495. The molecule has 0 saturated carbocycles. The van der Waals surface area contributed by atoms with Gasteiger partial charge in [-0.25, -0.2) is 0 Å². The van der Waals surface area contributed by atoms with Gasteiger partial charge in [-0.05, 0) is 80.5 Å². The highest BCUT2D eigenvalue weighted by Gasteiger charge is 2.37. The standard InChI is InChI=1S/C29H34ClN3O2/c1-29(2,23-6-4-3-5-7-23)28(35)33-16-11-21(12-17-33)20-9-14-32(15-10-20)24-18-22-8-13-31-27(34)26(22)25(30)19-24/h3-8,13,18-21H,9-12,14-17H2,1-2H3,(H,31,34). The average molecular weight is 492 g/mol. The van der Waals surface area contributed by atoms with Crippen molar-refractivity contribution in [2.24, 2.45) is 11.8 Å². The average Bonchev–Trinajstić information content (AvgIpc) is 2.89. The van der Waals surface area contributed by atoms with Crippen LogP contribution in [0.4, 0.5) is 5.69 Å². The third-order valence-corrected chi connectivity index (χ3v) is 8.54. The molecular formula is C29H34ClN3O2. The number of pyridine rings is 1. The van der Waals surface area contributed by atoms with E-state index in [9.17, 15) is 9.59 Å². The Kier molecular flexibility index (Phi) is 6.63. The highest BCUT2D eigenvalue weighted by molar-refractivity contribution is 6.35. The van der Waals surface area contributed by atoms with Crippen molar-refractivity contribution < 1.29 is 4.79 Å². The monoisotopic (exact) mass is 491 g/mol. The maximum atomic E-state index is 13.3. The number of hydrogen-bond donors (Lipinski definition) is 1. The van der Waals surface area contributed by atoms with Crippen LogP contribution in [0, 0.1) is 11.8 Å². The lowest BCUT2D eigenvalue weighted by Crippen LogP contribution is -2.48. The number of amides is 1. The van der Waals surface area contributed by atoms with Gasteiger partial charge in [-0.1, -0.05) is 41.9 Å². The third-order valence-electron chi connectivity index (χ3n) is 8.24. The number of nitrogens with zero attached hydrogens (tertiary/aromatic N) is 2. The summed E-state index contributed by atoms with van der Waals surface area (Å²) in [6.07, 6.45) is 6.16. The number of likely N-dealkylation sites (tertiary alicyclic amines) is 1. The Morgan fingerprint density at radius 1 is 0.943 bits per heavy atom. The molecule has 1 N–H and O–H groups in total. The number of hydrogen-bond acceptors (Lipinski definition) is 3. The largest absolute Gasteiger partial charge is 0.371 e. The van der Waals surface area contributed by atoms with E-state index in [1.165, 1.54) is 0 Å². The van der Waals surface area contributed by atoms with E-state index in [4.69, 9.17) is 11.6 Å². The summed E-state index contributed by atoms with van der Waals surface area (Å²) in [6, 6.07) is 16.0. The molecule has 3 heterocycles. The highest BCUT2D eigenvalue weighted by atomic mass is 35.5. The van der Waals surface area contributed by atoms with Gasteiger partial charge in [-0.15, -0.1) is 0 Å². The Hall–Kier alpha value is -2.79. The molecule has 5 nitrogen and oxygen atoms in total. The minimum absolute atomic E-state index is 0.144. The summed E-state index contributed by atoms with van der Waals surface area (Å²) in [7, 11) is 0. The molecular weight excluding hydrogens is 458 g/mol. The van der Waals surface area contributed by atoms with Crippen LogP contribution in [-0.2, 0) is 10.2 Å². The maximum Gasteiger partial charge on any atom is 0.257 e. The quantitative estimate of drug-likeness (QED) is 0.515. The molecule has 2 aliphatic rings. The Balaban J connectivity index is 1.18. The number of fused-ring (bicyclic) bond motifs is 1. The first-order chi connectivity index (χ1) is 16.8. The molecule has 2 saturated heterocycles. The summed E-state index contributed by atoms with van der Waals surface area (Å²) in [5, 5.41) is 1.95. The van der Waals surface area contributed by atoms with Crippen molar-refractivity contribution in [1.29, 1.82) is 0 Å². The molecule has 0 spiro atoms. The molecule has 1 amide bonds. The van der Waals surface area contributed by atoms with Crippen LogP contribution in [-0.4, -0.2) is 42.0 Å². The summed E-state index contributed by atoms with van der Waals surface area (Å²) in [4.78, 5) is 32.6. The molecule has 0 bridgehead atoms. The van der Waals surface area contributed by atoms with E-state index in [0.29, 0.717) is 22.2 Å². The van der Waals surface area contributed by atoms with Gasteiger partial charge in [0.1, 0.15) is 0 Å². The lowest BCUT2D eigenvalue weighted by Gasteiger charge is -2.42. The predicted octanol–water partition coefficient (Wildman–Crippen LogP) is 5.61. The first kappa shape index (κ1) is 23.9. The van der Waals surface area contributed by atoms with Crippen molar-refractivity contribution in [2.45, 2.75) is 44.9 Å². The van der Waals surface area contributed by atoms with E-state index < -0.39 is 5.41 Å². The highest BCUT2D eigenvalue weighted by Crippen LogP contribution is 2.36. The summed E-state index contributed by atoms with van der Waals surface area (Å²) >= 11 is 6.47. The molecule has 6 heteroatoms. The zero-order chi connectivity index (χ0) is 24.6. The second-order valence-corrected chi connectivity index (χ2v) is 11.1. The molecule has 0 unspecified atom stereocenters. The molecule has 0 atom stereocenters.